The Kier molecular flexibility index (Phi) is 9.38. The molecule has 0 radical (unpaired) electrons. The van der Waals surface area contributed by atoms with E-state index in [0.29, 0.717) is 30.9 Å². The van der Waals surface area contributed by atoms with E-state index in [0.717, 1.165) is 12.0 Å². The second-order valence-electron chi connectivity index (χ2n) is 9.79. The van der Waals surface area contributed by atoms with Crippen LogP contribution < -0.4 is 9.47 Å². The molecule has 0 unspecified atom stereocenters. The Morgan fingerprint density at radius 3 is 1.97 bits per heavy atom. The number of halogens is 7. The molecule has 0 spiro atoms. The zero-order chi connectivity index (χ0) is 25.6. The molecule has 2 nitrogen and oxygen atoms in total. The summed E-state index contributed by atoms with van der Waals surface area (Å²) >= 11 is 0. The molecule has 0 bridgehead atoms. The maximum absolute atomic E-state index is 14.7. The largest absolute Gasteiger partial charge is 0.461 e. The first-order valence-electron chi connectivity index (χ1n) is 12.4. The van der Waals surface area contributed by atoms with E-state index in [9.17, 15) is 30.7 Å². The van der Waals surface area contributed by atoms with E-state index in [1.54, 1.807) is 0 Å². The Hall–Kier alpha value is -1.93. The van der Waals surface area contributed by atoms with Gasteiger partial charge in [-0.15, -0.1) is 0 Å². The molecule has 0 N–H and O–H groups in total. The summed E-state index contributed by atoms with van der Waals surface area (Å²) in [6, 6.07) is 1.78. The number of ether oxygens (including phenoxy) is 2. The number of hydrogen-bond acceptors (Lipinski definition) is 2. The van der Waals surface area contributed by atoms with Gasteiger partial charge >= 0.3 is 18.6 Å². The first-order chi connectivity index (χ1) is 16.5. The summed E-state index contributed by atoms with van der Waals surface area (Å²) in [4.78, 5) is 0. The van der Waals surface area contributed by atoms with Crippen molar-refractivity contribution in [2.45, 2.75) is 89.8 Å². The molecule has 2 aliphatic rings. The minimum absolute atomic E-state index is 0.232. The standard InChI is InChI=1S/C26H33F7O2/c1-2-3-17-4-6-18(7-5-17)8-9-19-10-12-20(13-11-19)25(30,31)34-21-14-15-23(22(27)16-21)35-26(32,33)24(28)29/h8-9,14-20,24H,2-7,10-13H2,1H3/b9-8+. The van der Waals surface area contributed by atoms with Crippen molar-refractivity contribution in [3.8, 4) is 11.5 Å². The molecule has 0 aliphatic heterocycles. The third-order valence-corrected chi connectivity index (χ3v) is 7.15. The lowest BCUT2D eigenvalue weighted by Gasteiger charge is -2.32. The maximum Gasteiger partial charge on any atom is 0.461 e. The minimum atomic E-state index is -4.91. The molecule has 0 aromatic heterocycles. The van der Waals surface area contributed by atoms with Gasteiger partial charge in [0, 0.05) is 6.07 Å². The first kappa shape index (κ1) is 27.7. The van der Waals surface area contributed by atoms with Gasteiger partial charge in [-0.2, -0.15) is 26.3 Å². The van der Waals surface area contributed by atoms with E-state index in [4.69, 9.17) is 4.74 Å². The molecule has 1 aromatic rings. The number of hydrogen-bond donors (Lipinski definition) is 0. The average Bonchev–Trinajstić information content (AvgIpc) is 2.80. The summed E-state index contributed by atoms with van der Waals surface area (Å²) in [5.74, 6) is -2.72. The summed E-state index contributed by atoms with van der Waals surface area (Å²) in [7, 11) is 0. The highest BCUT2D eigenvalue weighted by Crippen LogP contribution is 2.42. The highest BCUT2D eigenvalue weighted by atomic mass is 19.3. The van der Waals surface area contributed by atoms with E-state index in [2.05, 4.69) is 23.8 Å². The van der Waals surface area contributed by atoms with Crippen molar-refractivity contribution in [2.24, 2.45) is 23.7 Å². The predicted molar refractivity (Wildman–Crippen MR) is 118 cm³/mol. The van der Waals surface area contributed by atoms with Crippen LogP contribution in [-0.2, 0) is 0 Å². The number of benzene rings is 1. The first-order valence-corrected chi connectivity index (χ1v) is 12.4. The SMILES string of the molecule is CCCC1CCC(/C=C/C2CCC(C(F)(F)Oc3ccc(OC(F)(F)C(F)F)c(F)c3)CC2)CC1. The van der Waals surface area contributed by atoms with Crippen molar-refractivity contribution < 1.29 is 40.2 Å². The molecule has 0 amide bonds. The Balaban J connectivity index is 1.48. The molecule has 35 heavy (non-hydrogen) atoms. The van der Waals surface area contributed by atoms with Gasteiger partial charge in [0.05, 0.1) is 5.92 Å². The fourth-order valence-electron chi connectivity index (χ4n) is 5.10. The van der Waals surface area contributed by atoms with Crippen LogP contribution in [0, 0.1) is 29.5 Å². The van der Waals surface area contributed by atoms with Gasteiger partial charge in [-0.25, -0.2) is 4.39 Å². The topological polar surface area (TPSA) is 18.5 Å². The second kappa shape index (κ2) is 11.9. The molecule has 0 atom stereocenters. The normalized spacial score (nSPS) is 26.3. The molecule has 0 heterocycles. The van der Waals surface area contributed by atoms with Gasteiger partial charge in [-0.1, -0.05) is 31.9 Å². The van der Waals surface area contributed by atoms with Crippen LogP contribution in [0.15, 0.2) is 30.4 Å². The number of alkyl halides is 6. The summed E-state index contributed by atoms with van der Waals surface area (Å²) in [6.07, 6.45) is 0.780. The van der Waals surface area contributed by atoms with Gasteiger partial charge in [-0.05, 0) is 81.3 Å². The monoisotopic (exact) mass is 510 g/mol. The maximum atomic E-state index is 14.7. The smallest absolute Gasteiger partial charge is 0.432 e. The van der Waals surface area contributed by atoms with Gasteiger partial charge in [0.25, 0.3) is 0 Å². The van der Waals surface area contributed by atoms with Crippen LogP contribution in [0.5, 0.6) is 11.5 Å². The zero-order valence-electron chi connectivity index (χ0n) is 19.8. The van der Waals surface area contributed by atoms with Crippen LogP contribution in [0.1, 0.15) is 71.1 Å². The summed E-state index contributed by atoms with van der Waals surface area (Å²) in [6.45, 7) is 2.21. The van der Waals surface area contributed by atoms with E-state index in [1.807, 2.05) is 0 Å². The molecule has 9 heteroatoms. The Labute approximate surface area is 201 Å². The van der Waals surface area contributed by atoms with E-state index >= 15 is 0 Å². The van der Waals surface area contributed by atoms with Crippen LogP contribution >= 0.6 is 0 Å². The molecule has 2 aliphatic carbocycles. The van der Waals surface area contributed by atoms with Gasteiger partial charge in [0.2, 0.25) is 0 Å². The summed E-state index contributed by atoms with van der Waals surface area (Å²) in [5, 5.41) is 0. The predicted octanol–water partition coefficient (Wildman–Crippen LogP) is 9.00. The van der Waals surface area contributed by atoms with Crippen LogP contribution in [-0.4, -0.2) is 18.6 Å². The van der Waals surface area contributed by atoms with Crippen LogP contribution in [0.3, 0.4) is 0 Å². The Morgan fingerprint density at radius 2 is 1.46 bits per heavy atom. The van der Waals surface area contributed by atoms with Gasteiger partial charge in [0.15, 0.2) is 11.6 Å². The molecule has 2 fully saturated rings. The fourth-order valence-corrected chi connectivity index (χ4v) is 5.10. The molecule has 1 aromatic carbocycles. The van der Waals surface area contributed by atoms with Crippen LogP contribution in [0.4, 0.5) is 30.7 Å². The minimum Gasteiger partial charge on any atom is -0.432 e. The second-order valence-corrected chi connectivity index (χ2v) is 9.79. The molecule has 3 rings (SSSR count). The fraction of sp³-hybridized carbons (Fsp3) is 0.692. The lowest BCUT2D eigenvalue weighted by molar-refractivity contribution is -0.254. The molecule has 0 saturated heterocycles. The van der Waals surface area contributed by atoms with Crippen molar-refractivity contribution in [1.82, 2.24) is 0 Å². The van der Waals surface area contributed by atoms with E-state index in [-0.39, 0.29) is 18.8 Å². The van der Waals surface area contributed by atoms with Gasteiger partial charge in [0.1, 0.15) is 5.75 Å². The summed E-state index contributed by atoms with van der Waals surface area (Å²) < 4.78 is 102. The Bertz CT molecular complexity index is 827. The van der Waals surface area contributed by atoms with Crippen molar-refractivity contribution in [2.75, 3.05) is 0 Å². The Morgan fingerprint density at radius 1 is 0.886 bits per heavy atom. The lowest BCUT2D eigenvalue weighted by atomic mass is 9.78. The molecule has 198 valence electrons. The lowest BCUT2D eigenvalue weighted by Crippen LogP contribution is -2.37. The molecular formula is C26H33F7O2. The molecular weight excluding hydrogens is 477 g/mol. The average molecular weight is 511 g/mol. The van der Waals surface area contributed by atoms with Crippen molar-refractivity contribution in [1.29, 1.82) is 0 Å². The zero-order valence-corrected chi connectivity index (χ0v) is 19.8. The summed E-state index contributed by atoms with van der Waals surface area (Å²) in [5.41, 5.74) is 0. The van der Waals surface area contributed by atoms with Gasteiger partial charge < -0.3 is 9.47 Å². The highest BCUT2D eigenvalue weighted by molar-refractivity contribution is 5.33. The van der Waals surface area contributed by atoms with E-state index < -0.39 is 41.9 Å². The van der Waals surface area contributed by atoms with Crippen LogP contribution in [0.2, 0.25) is 0 Å². The van der Waals surface area contributed by atoms with Crippen molar-refractivity contribution in [3.05, 3.63) is 36.2 Å². The van der Waals surface area contributed by atoms with Crippen molar-refractivity contribution in [3.63, 3.8) is 0 Å². The van der Waals surface area contributed by atoms with Crippen LogP contribution in [0.25, 0.3) is 0 Å². The number of allylic oxidation sites excluding steroid dienone is 2. The van der Waals surface area contributed by atoms with Gasteiger partial charge in [-0.3, -0.25) is 0 Å². The van der Waals surface area contributed by atoms with E-state index in [1.165, 1.54) is 38.5 Å². The molecule has 2 saturated carbocycles. The van der Waals surface area contributed by atoms with Crippen molar-refractivity contribution >= 4 is 0 Å². The quantitative estimate of drug-likeness (QED) is 0.231. The third kappa shape index (κ3) is 7.78. The highest BCUT2D eigenvalue weighted by Gasteiger charge is 2.45. The third-order valence-electron chi connectivity index (χ3n) is 7.15. The number of rotatable bonds is 10.